The van der Waals surface area contributed by atoms with Crippen LogP contribution in [0.25, 0.3) is 0 Å². The molecule has 3 rings (SSSR count). The number of nitrogens with zero attached hydrogens (tertiary/aromatic N) is 2. The maximum Gasteiger partial charge on any atom is 0.226 e. The highest BCUT2D eigenvalue weighted by Gasteiger charge is 2.24. The second-order valence-corrected chi connectivity index (χ2v) is 5.59. The number of anilines is 1. The van der Waals surface area contributed by atoms with Gasteiger partial charge in [0.15, 0.2) is 0 Å². The van der Waals surface area contributed by atoms with Crippen molar-refractivity contribution in [3.63, 3.8) is 0 Å². The highest BCUT2D eigenvalue weighted by atomic mass is 35.5. The molecule has 126 valence electrons. The van der Waals surface area contributed by atoms with Crippen molar-refractivity contribution < 1.29 is 4.79 Å². The van der Waals surface area contributed by atoms with Crippen LogP contribution in [-0.4, -0.2) is 34.1 Å². The maximum absolute atomic E-state index is 12.3. The number of halogens is 2. The Labute approximate surface area is 148 Å². The van der Waals surface area contributed by atoms with E-state index in [1.54, 1.807) is 6.20 Å². The Hall–Kier alpha value is -1.72. The van der Waals surface area contributed by atoms with Crippen molar-refractivity contribution in [2.75, 3.05) is 18.8 Å². The van der Waals surface area contributed by atoms with Gasteiger partial charge in [0.25, 0.3) is 0 Å². The predicted octanol–water partition coefficient (Wildman–Crippen LogP) is 2.78. The summed E-state index contributed by atoms with van der Waals surface area (Å²) < 4.78 is 0. The monoisotopic (exact) mass is 356 g/mol. The fourth-order valence-electron chi connectivity index (χ4n) is 2.86. The van der Waals surface area contributed by atoms with E-state index in [0.717, 1.165) is 37.2 Å². The Balaban J connectivity index is 0.00000132. The quantitative estimate of drug-likeness (QED) is 0.830. The predicted molar refractivity (Wildman–Crippen MR) is 96.2 cm³/mol. The summed E-state index contributed by atoms with van der Waals surface area (Å²) in [5, 5.41) is 7.03. The van der Waals surface area contributed by atoms with Crippen LogP contribution in [0, 0.1) is 0 Å². The van der Waals surface area contributed by atoms with E-state index in [-0.39, 0.29) is 30.7 Å². The summed E-state index contributed by atoms with van der Waals surface area (Å²) in [6.45, 7) is 1.63. The van der Waals surface area contributed by atoms with E-state index >= 15 is 0 Å². The van der Waals surface area contributed by atoms with Crippen molar-refractivity contribution in [2.24, 2.45) is 0 Å². The largest absolute Gasteiger partial charge is 0.399 e. The number of hydrogen-bond donors (Lipinski definition) is 2. The van der Waals surface area contributed by atoms with E-state index in [4.69, 9.17) is 5.73 Å². The molecule has 0 aliphatic carbocycles. The zero-order valence-electron chi connectivity index (χ0n) is 12.8. The Morgan fingerprint density at radius 2 is 1.83 bits per heavy atom. The molecule has 2 aromatic rings. The summed E-state index contributed by atoms with van der Waals surface area (Å²) in [6.07, 6.45) is 4.23. The van der Waals surface area contributed by atoms with Gasteiger partial charge in [0.05, 0.1) is 6.42 Å². The molecule has 1 aliphatic rings. The van der Waals surface area contributed by atoms with E-state index in [1.807, 2.05) is 35.2 Å². The molecule has 7 heteroatoms. The molecule has 1 aliphatic heterocycles. The first-order chi connectivity index (χ1) is 10.2. The first-order valence-electron chi connectivity index (χ1n) is 7.34. The van der Waals surface area contributed by atoms with E-state index in [0.29, 0.717) is 12.3 Å². The van der Waals surface area contributed by atoms with Gasteiger partial charge in [-0.1, -0.05) is 12.1 Å². The molecule has 3 N–H and O–H groups in total. The lowest BCUT2D eigenvalue weighted by atomic mass is 9.93. The van der Waals surface area contributed by atoms with Crippen LogP contribution < -0.4 is 5.73 Å². The van der Waals surface area contributed by atoms with Gasteiger partial charge in [0.2, 0.25) is 5.91 Å². The minimum atomic E-state index is 0. The van der Waals surface area contributed by atoms with Crippen LogP contribution in [-0.2, 0) is 11.2 Å². The zero-order chi connectivity index (χ0) is 14.7. The van der Waals surface area contributed by atoms with E-state index in [2.05, 4.69) is 10.2 Å². The summed E-state index contributed by atoms with van der Waals surface area (Å²) in [5.74, 6) is 0.691. The lowest BCUT2D eigenvalue weighted by Gasteiger charge is -2.31. The Morgan fingerprint density at radius 3 is 2.39 bits per heavy atom. The summed E-state index contributed by atoms with van der Waals surface area (Å²) in [7, 11) is 0. The van der Waals surface area contributed by atoms with Crippen LogP contribution in [0.3, 0.4) is 0 Å². The van der Waals surface area contributed by atoms with Gasteiger partial charge in [-0.05, 0) is 36.6 Å². The van der Waals surface area contributed by atoms with Crippen molar-refractivity contribution in [3.05, 3.63) is 47.8 Å². The summed E-state index contributed by atoms with van der Waals surface area (Å²) in [6, 6.07) is 9.55. The molecule has 1 fully saturated rings. The minimum Gasteiger partial charge on any atom is -0.399 e. The topological polar surface area (TPSA) is 75.0 Å². The third-order valence-electron chi connectivity index (χ3n) is 4.14. The standard InChI is InChI=1S/C16H20N4O.2ClH/c17-14-3-1-12(2-4-14)11-16(21)20-9-6-13(7-10-20)15-5-8-18-19-15;;/h1-5,8,13H,6-7,9-11,17H2,(H,18,19);2*1H. The molecule has 1 saturated heterocycles. The molecular formula is C16H22Cl2N4O. The van der Waals surface area contributed by atoms with Crippen LogP contribution in [0.15, 0.2) is 36.5 Å². The average Bonchev–Trinajstić information content (AvgIpc) is 3.04. The normalized spacial score (nSPS) is 14.7. The second kappa shape index (κ2) is 8.79. The molecule has 5 nitrogen and oxygen atoms in total. The highest BCUT2D eigenvalue weighted by molar-refractivity contribution is 5.85. The fraction of sp³-hybridized carbons (Fsp3) is 0.375. The molecule has 1 aromatic carbocycles. The number of rotatable bonds is 3. The number of aromatic amines is 1. The number of nitrogen functional groups attached to an aromatic ring is 1. The highest BCUT2D eigenvalue weighted by Crippen LogP contribution is 2.26. The molecule has 2 heterocycles. The fourth-order valence-corrected chi connectivity index (χ4v) is 2.86. The minimum absolute atomic E-state index is 0. The van der Waals surface area contributed by atoms with Crippen molar-refractivity contribution >= 4 is 36.4 Å². The van der Waals surface area contributed by atoms with E-state index in [9.17, 15) is 4.79 Å². The summed E-state index contributed by atoms with van der Waals surface area (Å²) in [4.78, 5) is 14.3. The lowest BCUT2D eigenvalue weighted by molar-refractivity contribution is -0.131. The SMILES string of the molecule is Cl.Cl.Nc1ccc(CC(=O)N2CCC(c3ccn[nH]3)CC2)cc1. The molecule has 0 saturated carbocycles. The smallest absolute Gasteiger partial charge is 0.226 e. The number of nitrogens with one attached hydrogen (secondary N) is 1. The Kier molecular flexibility index (Phi) is 7.39. The number of carbonyl (C=O) groups is 1. The van der Waals surface area contributed by atoms with Gasteiger partial charge in [-0.2, -0.15) is 5.10 Å². The molecule has 0 spiro atoms. The number of hydrogen-bond acceptors (Lipinski definition) is 3. The molecule has 1 amide bonds. The number of aromatic nitrogens is 2. The number of amides is 1. The van der Waals surface area contributed by atoms with Crippen molar-refractivity contribution in [2.45, 2.75) is 25.2 Å². The number of carbonyl (C=O) groups excluding carboxylic acids is 1. The number of piperidine rings is 1. The summed E-state index contributed by atoms with van der Waals surface area (Å²) in [5.41, 5.74) is 8.59. The van der Waals surface area contributed by atoms with Gasteiger partial charge >= 0.3 is 0 Å². The molecule has 1 aromatic heterocycles. The molecule has 0 radical (unpaired) electrons. The van der Waals surface area contributed by atoms with E-state index in [1.165, 1.54) is 5.69 Å². The Bertz CT molecular complexity index is 593. The number of benzene rings is 1. The average molecular weight is 357 g/mol. The van der Waals surface area contributed by atoms with Crippen molar-refractivity contribution in [1.29, 1.82) is 0 Å². The van der Waals surface area contributed by atoms with Gasteiger partial charge < -0.3 is 10.6 Å². The van der Waals surface area contributed by atoms with Crippen LogP contribution in [0.4, 0.5) is 5.69 Å². The number of likely N-dealkylation sites (tertiary alicyclic amines) is 1. The van der Waals surface area contributed by atoms with Crippen molar-refractivity contribution in [1.82, 2.24) is 15.1 Å². The zero-order valence-corrected chi connectivity index (χ0v) is 14.4. The Morgan fingerprint density at radius 1 is 1.17 bits per heavy atom. The number of H-pyrrole nitrogens is 1. The summed E-state index contributed by atoms with van der Waals surface area (Å²) >= 11 is 0. The molecule has 0 unspecified atom stereocenters. The lowest BCUT2D eigenvalue weighted by Crippen LogP contribution is -2.38. The van der Waals surface area contributed by atoms with Crippen LogP contribution >= 0.6 is 24.8 Å². The third kappa shape index (κ3) is 4.88. The van der Waals surface area contributed by atoms with Crippen molar-refractivity contribution in [3.8, 4) is 0 Å². The van der Waals surface area contributed by atoms with Gasteiger partial charge in [-0.25, -0.2) is 0 Å². The van der Waals surface area contributed by atoms with Gasteiger partial charge in [0, 0.05) is 36.6 Å². The molecule has 23 heavy (non-hydrogen) atoms. The molecule has 0 bridgehead atoms. The van der Waals surface area contributed by atoms with Gasteiger partial charge in [0.1, 0.15) is 0 Å². The molecular weight excluding hydrogens is 335 g/mol. The third-order valence-corrected chi connectivity index (χ3v) is 4.14. The van der Waals surface area contributed by atoms with E-state index < -0.39 is 0 Å². The number of nitrogens with two attached hydrogens (primary N) is 1. The first kappa shape index (κ1) is 19.3. The van der Waals surface area contributed by atoms with Crippen LogP contribution in [0.5, 0.6) is 0 Å². The van der Waals surface area contributed by atoms with Crippen LogP contribution in [0.1, 0.15) is 30.0 Å². The second-order valence-electron chi connectivity index (χ2n) is 5.59. The van der Waals surface area contributed by atoms with Gasteiger partial charge in [-0.3, -0.25) is 9.89 Å². The molecule has 0 atom stereocenters. The maximum atomic E-state index is 12.3. The van der Waals surface area contributed by atoms with Crippen LogP contribution in [0.2, 0.25) is 0 Å². The van der Waals surface area contributed by atoms with Gasteiger partial charge in [-0.15, -0.1) is 24.8 Å². The first-order valence-corrected chi connectivity index (χ1v) is 7.34.